The number of nitrogens with two attached hydrogens (primary N) is 1. The number of benzene rings is 2. The molecule has 0 amide bonds. The smallest absolute Gasteiger partial charge is 0.253 e. The third kappa shape index (κ3) is 2.73. The van der Waals surface area contributed by atoms with Crippen LogP contribution in [0.1, 0.15) is 30.3 Å². The molecule has 3 rings (SSSR count). The molecule has 0 fully saturated rings. The molecule has 0 aliphatic heterocycles. The van der Waals surface area contributed by atoms with Crippen molar-refractivity contribution in [2.45, 2.75) is 26.5 Å². The van der Waals surface area contributed by atoms with E-state index in [1.165, 1.54) is 0 Å². The van der Waals surface area contributed by atoms with E-state index >= 15 is 0 Å². The normalized spacial score (nSPS) is 12.5. The number of aromatic nitrogens is 2. The molecule has 2 N–H and O–H groups in total. The summed E-state index contributed by atoms with van der Waals surface area (Å²) in [6, 6.07) is 12.0. The summed E-state index contributed by atoms with van der Waals surface area (Å²) in [5.41, 5.74) is 7.01. The summed E-state index contributed by atoms with van der Waals surface area (Å²) in [4.78, 5) is 0. The summed E-state index contributed by atoms with van der Waals surface area (Å²) in [5, 5.41) is 9.88. The Morgan fingerprint density at radius 2 is 2.00 bits per heavy atom. The van der Waals surface area contributed by atoms with Gasteiger partial charge in [-0.3, -0.25) is 0 Å². The number of aryl methyl sites for hydroxylation is 1. The summed E-state index contributed by atoms with van der Waals surface area (Å²) in [6.45, 7) is 3.92. The topological polar surface area (TPSA) is 74.2 Å². The van der Waals surface area contributed by atoms with E-state index in [0.717, 1.165) is 22.1 Å². The van der Waals surface area contributed by atoms with Crippen molar-refractivity contribution >= 4 is 10.8 Å². The van der Waals surface area contributed by atoms with E-state index < -0.39 is 0 Å². The van der Waals surface area contributed by atoms with Gasteiger partial charge in [-0.15, -0.1) is 10.2 Å². The number of ether oxygens (including phenoxy) is 1. The summed E-state index contributed by atoms with van der Waals surface area (Å²) in [7, 11) is 0. The number of fused-ring (bicyclic) bond motifs is 1. The second-order valence-corrected chi connectivity index (χ2v) is 5.00. The number of nitrogens with zero attached hydrogens (tertiary/aromatic N) is 2. The van der Waals surface area contributed by atoms with Crippen LogP contribution >= 0.6 is 0 Å². The monoisotopic (exact) mass is 283 g/mol. The molecule has 1 atom stereocenters. The quantitative estimate of drug-likeness (QED) is 0.796. The minimum Gasteiger partial charge on any atom is -0.483 e. The van der Waals surface area contributed by atoms with Gasteiger partial charge in [0, 0.05) is 23.9 Å². The van der Waals surface area contributed by atoms with E-state index in [0.29, 0.717) is 11.8 Å². The van der Waals surface area contributed by atoms with E-state index in [-0.39, 0.29) is 12.6 Å². The van der Waals surface area contributed by atoms with Crippen LogP contribution < -0.4 is 10.5 Å². The van der Waals surface area contributed by atoms with E-state index in [2.05, 4.69) is 16.3 Å². The van der Waals surface area contributed by atoms with Crippen LogP contribution in [0.4, 0.5) is 0 Å². The maximum Gasteiger partial charge on any atom is 0.253 e. The van der Waals surface area contributed by atoms with Gasteiger partial charge >= 0.3 is 0 Å². The lowest BCUT2D eigenvalue weighted by Crippen LogP contribution is -2.08. The molecule has 1 heterocycles. The first-order valence-electron chi connectivity index (χ1n) is 6.84. The van der Waals surface area contributed by atoms with E-state index in [1.54, 1.807) is 6.92 Å². The second-order valence-electron chi connectivity index (χ2n) is 5.00. The predicted octanol–water partition coefficient (Wildman–Crippen LogP) is 3.13. The van der Waals surface area contributed by atoms with Crippen LogP contribution in [-0.4, -0.2) is 10.2 Å². The zero-order valence-corrected chi connectivity index (χ0v) is 12.0. The van der Waals surface area contributed by atoms with Crippen LogP contribution in [0.5, 0.6) is 5.75 Å². The second kappa shape index (κ2) is 5.54. The molecule has 0 radical (unpaired) electrons. The van der Waals surface area contributed by atoms with E-state index in [4.69, 9.17) is 14.9 Å². The molecule has 0 aliphatic rings. The molecule has 0 bridgehead atoms. The van der Waals surface area contributed by atoms with E-state index in [9.17, 15) is 0 Å². The van der Waals surface area contributed by atoms with Gasteiger partial charge in [-0.05, 0) is 12.3 Å². The van der Waals surface area contributed by atoms with Crippen LogP contribution in [0.3, 0.4) is 0 Å². The Morgan fingerprint density at radius 1 is 1.19 bits per heavy atom. The van der Waals surface area contributed by atoms with Gasteiger partial charge in [0.25, 0.3) is 5.89 Å². The molecule has 1 unspecified atom stereocenters. The van der Waals surface area contributed by atoms with Crippen molar-refractivity contribution < 1.29 is 9.15 Å². The Morgan fingerprint density at radius 3 is 2.71 bits per heavy atom. The Balaban J connectivity index is 1.99. The third-order valence-electron chi connectivity index (χ3n) is 3.31. The van der Waals surface area contributed by atoms with Crippen molar-refractivity contribution in [2.75, 3.05) is 0 Å². The molecule has 1 aromatic heterocycles. The minimum atomic E-state index is -0.117. The molecular formula is C16H17N3O2. The Labute approximate surface area is 122 Å². The standard InChI is InChI=1S/C16H17N3O2/c1-10(17)13-8-7-12-5-3-4-6-14(12)16(13)20-9-15-19-18-11(2)21-15/h3-8,10H,9,17H2,1-2H3. The Kier molecular flexibility index (Phi) is 3.58. The summed E-state index contributed by atoms with van der Waals surface area (Å²) >= 11 is 0. The summed E-state index contributed by atoms with van der Waals surface area (Å²) < 4.78 is 11.3. The lowest BCUT2D eigenvalue weighted by molar-refractivity contribution is 0.260. The minimum absolute atomic E-state index is 0.117. The average Bonchev–Trinajstić information content (AvgIpc) is 2.90. The van der Waals surface area contributed by atoms with Gasteiger partial charge in [0.05, 0.1) is 0 Å². The molecule has 5 heteroatoms. The number of rotatable bonds is 4. The predicted molar refractivity (Wildman–Crippen MR) is 79.9 cm³/mol. The summed E-state index contributed by atoms with van der Waals surface area (Å²) in [6.07, 6.45) is 0. The molecule has 0 saturated heterocycles. The molecule has 3 aromatic rings. The molecule has 2 aromatic carbocycles. The van der Waals surface area contributed by atoms with Gasteiger partial charge in [0.15, 0.2) is 6.61 Å². The molecule has 108 valence electrons. The van der Waals surface area contributed by atoms with Gasteiger partial charge in [-0.25, -0.2) is 0 Å². The fraction of sp³-hybridized carbons (Fsp3) is 0.250. The number of hydrogen-bond acceptors (Lipinski definition) is 5. The first-order valence-corrected chi connectivity index (χ1v) is 6.84. The molecule has 5 nitrogen and oxygen atoms in total. The van der Waals surface area contributed by atoms with Crippen molar-refractivity contribution in [2.24, 2.45) is 5.73 Å². The zero-order chi connectivity index (χ0) is 14.8. The highest BCUT2D eigenvalue weighted by atomic mass is 16.5. The molecule has 21 heavy (non-hydrogen) atoms. The lowest BCUT2D eigenvalue weighted by Gasteiger charge is -2.15. The zero-order valence-electron chi connectivity index (χ0n) is 12.0. The molecule has 0 spiro atoms. The van der Waals surface area contributed by atoms with Crippen LogP contribution in [0.15, 0.2) is 40.8 Å². The molecule has 0 aliphatic carbocycles. The van der Waals surface area contributed by atoms with Crippen molar-refractivity contribution in [3.8, 4) is 5.75 Å². The molecular weight excluding hydrogens is 266 g/mol. The van der Waals surface area contributed by atoms with Crippen LogP contribution in [0.2, 0.25) is 0 Å². The highest BCUT2D eigenvalue weighted by molar-refractivity contribution is 5.89. The van der Waals surface area contributed by atoms with Crippen LogP contribution in [0, 0.1) is 6.92 Å². The van der Waals surface area contributed by atoms with Crippen LogP contribution in [0.25, 0.3) is 10.8 Å². The van der Waals surface area contributed by atoms with Gasteiger partial charge in [-0.2, -0.15) is 0 Å². The van der Waals surface area contributed by atoms with Gasteiger partial charge in [-0.1, -0.05) is 36.4 Å². The van der Waals surface area contributed by atoms with Crippen molar-refractivity contribution in [3.63, 3.8) is 0 Å². The third-order valence-corrected chi connectivity index (χ3v) is 3.31. The van der Waals surface area contributed by atoms with Crippen LogP contribution in [-0.2, 0) is 6.61 Å². The summed E-state index contributed by atoms with van der Waals surface area (Å²) in [5.74, 6) is 1.76. The van der Waals surface area contributed by atoms with E-state index in [1.807, 2.05) is 37.3 Å². The van der Waals surface area contributed by atoms with Crippen molar-refractivity contribution in [1.82, 2.24) is 10.2 Å². The maximum atomic E-state index is 6.05. The fourth-order valence-electron chi connectivity index (χ4n) is 2.31. The Hall–Kier alpha value is -2.40. The Bertz CT molecular complexity index is 765. The van der Waals surface area contributed by atoms with Crippen molar-refractivity contribution in [1.29, 1.82) is 0 Å². The van der Waals surface area contributed by atoms with Crippen molar-refractivity contribution in [3.05, 3.63) is 53.7 Å². The lowest BCUT2D eigenvalue weighted by atomic mass is 10.0. The van der Waals surface area contributed by atoms with Gasteiger partial charge in [0.2, 0.25) is 5.89 Å². The van der Waals surface area contributed by atoms with Gasteiger partial charge in [0.1, 0.15) is 5.75 Å². The maximum absolute atomic E-state index is 6.05. The SMILES string of the molecule is Cc1nnc(COc2c(C(C)N)ccc3ccccc23)o1. The average molecular weight is 283 g/mol. The fourth-order valence-corrected chi connectivity index (χ4v) is 2.31. The van der Waals surface area contributed by atoms with Gasteiger partial charge < -0.3 is 14.9 Å². The highest BCUT2D eigenvalue weighted by Gasteiger charge is 2.13. The molecule has 0 saturated carbocycles. The largest absolute Gasteiger partial charge is 0.483 e. The first-order chi connectivity index (χ1) is 10.1. The first kappa shape index (κ1) is 13.6. The highest BCUT2D eigenvalue weighted by Crippen LogP contribution is 2.33. The number of hydrogen-bond donors (Lipinski definition) is 1.